The zero-order valence-corrected chi connectivity index (χ0v) is 20.3. The fraction of sp³-hybridized carbons (Fsp3) is 0.240. The van der Waals surface area contributed by atoms with Crippen molar-refractivity contribution in [3.8, 4) is 16.3 Å². The SMILES string of the molecule is Cc1ccc(CNC(=O)c2cc(-n3nncc3C(C)C)c3ncc(-c4ccc(C)s4)n3c2)cn1. The van der Waals surface area contributed by atoms with Gasteiger partial charge in [0.2, 0.25) is 0 Å². The third-order valence-corrected chi connectivity index (χ3v) is 6.69. The van der Waals surface area contributed by atoms with Crippen molar-refractivity contribution in [3.05, 3.63) is 82.5 Å². The minimum absolute atomic E-state index is 0.183. The molecule has 0 aliphatic rings. The highest BCUT2D eigenvalue weighted by Crippen LogP contribution is 2.31. The molecule has 0 aliphatic heterocycles. The third-order valence-electron chi connectivity index (χ3n) is 5.66. The Kier molecular flexibility index (Phi) is 5.70. The molecule has 5 heterocycles. The molecule has 5 aromatic heterocycles. The van der Waals surface area contributed by atoms with Gasteiger partial charge in [0, 0.05) is 29.5 Å². The van der Waals surface area contributed by atoms with Gasteiger partial charge in [-0.25, -0.2) is 9.67 Å². The molecule has 0 radical (unpaired) electrons. The lowest BCUT2D eigenvalue weighted by Crippen LogP contribution is -2.23. The van der Waals surface area contributed by atoms with Gasteiger partial charge in [-0.1, -0.05) is 25.1 Å². The summed E-state index contributed by atoms with van der Waals surface area (Å²) in [6.07, 6.45) is 7.22. The molecule has 1 amide bonds. The normalized spacial score (nSPS) is 11.4. The van der Waals surface area contributed by atoms with E-state index in [4.69, 9.17) is 4.98 Å². The minimum atomic E-state index is -0.183. The zero-order chi connectivity index (χ0) is 23.8. The molecule has 0 saturated carbocycles. The van der Waals surface area contributed by atoms with Gasteiger partial charge in [-0.05, 0) is 49.6 Å². The maximum Gasteiger partial charge on any atom is 0.253 e. The number of carbonyl (C=O) groups is 1. The van der Waals surface area contributed by atoms with Crippen LogP contribution in [0.25, 0.3) is 21.9 Å². The fourth-order valence-corrected chi connectivity index (χ4v) is 4.69. The first-order valence-electron chi connectivity index (χ1n) is 11.1. The van der Waals surface area contributed by atoms with Gasteiger partial charge in [0.15, 0.2) is 5.65 Å². The Hall–Kier alpha value is -3.85. The number of imidazole rings is 1. The Morgan fingerprint density at radius 1 is 1.09 bits per heavy atom. The second-order valence-electron chi connectivity index (χ2n) is 8.58. The fourth-order valence-electron chi connectivity index (χ4n) is 3.82. The van der Waals surface area contributed by atoms with Crippen LogP contribution in [0.5, 0.6) is 0 Å². The first-order chi connectivity index (χ1) is 16.4. The second-order valence-corrected chi connectivity index (χ2v) is 9.87. The second kappa shape index (κ2) is 8.83. The Balaban J connectivity index is 1.60. The van der Waals surface area contributed by atoms with Crippen molar-refractivity contribution in [2.45, 2.75) is 40.2 Å². The first-order valence-corrected chi connectivity index (χ1v) is 11.9. The van der Waals surface area contributed by atoms with Crippen molar-refractivity contribution in [1.29, 1.82) is 0 Å². The largest absolute Gasteiger partial charge is 0.348 e. The van der Waals surface area contributed by atoms with Gasteiger partial charge in [-0.2, -0.15) is 0 Å². The number of rotatable bonds is 6. The minimum Gasteiger partial charge on any atom is -0.348 e. The number of amides is 1. The van der Waals surface area contributed by atoms with Gasteiger partial charge in [0.1, 0.15) is 5.69 Å². The van der Waals surface area contributed by atoms with Crippen LogP contribution in [-0.4, -0.2) is 35.3 Å². The van der Waals surface area contributed by atoms with E-state index in [0.717, 1.165) is 27.5 Å². The van der Waals surface area contributed by atoms with E-state index >= 15 is 0 Å². The van der Waals surface area contributed by atoms with E-state index in [0.29, 0.717) is 23.4 Å². The molecule has 8 nitrogen and oxygen atoms in total. The molecular weight excluding hydrogens is 446 g/mol. The Morgan fingerprint density at radius 3 is 2.65 bits per heavy atom. The predicted octanol–water partition coefficient (Wildman–Crippen LogP) is 4.71. The maximum atomic E-state index is 13.2. The lowest BCUT2D eigenvalue weighted by atomic mass is 10.1. The molecular formula is C25H25N7OS. The number of pyridine rings is 2. The summed E-state index contributed by atoms with van der Waals surface area (Å²) in [6, 6.07) is 9.89. The van der Waals surface area contributed by atoms with Crippen LogP contribution in [0.2, 0.25) is 0 Å². The van der Waals surface area contributed by atoms with E-state index in [2.05, 4.69) is 53.5 Å². The molecule has 0 saturated heterocycles. The molecule has 0 bridgehead atoms. The molecule has 0 atom stereocenters. The molecule has 0 aromatic carbocycles. The number of nitrogens with one attached hydrogen (secondary N) is 1. The number of carbonyl (C=O) groups excluding carboxylic acids is 1. The molecule has 34 heavy (non-hydrogen) atoms. The van der Waals surface area contributed by atoms with Crippen LogP contribution < -0.4 is 5.32 Å². The molecule has 0 fully saturated rings. The molecule has 5 aromatic rings. The molecule has 0 aliphatic carbocycles. The van der Waals surface area contributed by atoms with Crippen LogP contribution in [0.1, 0.15) is 52.0 Å². The van der Waals surface area contributed by atoms with E-state index in [-0.39, 0.29) is 11.8 Å². The topological polar surface area (TPSA) is 90.0 Å². The highest BCUT2D eigenvalue weighted by atomic mass is 32.1. The van der Waals surface area contributed by atoms with Gasteiger partial charge in [0.25, 0.3) is 5.91 Å². The summed E-state index contributed by atoms with van der Waals surface area (Å²) in [5, 5.41) is 11.5. The van der Waals surface area contributed by atoms with E-state index in [9.17, 15) is 4.79 Å². The zero-order valence-electron chi connectivity index (χ0n) is 19.5. The van der Waals surface area contributed by atoms with Crippen molar-refractivity contribution in [3.63, 3.8) is 0 Å². The van der Waals surface area contributed by atoms with Gasteiger partial charge in [-0.3, -0.25) is 14.2 Å². The summed E-state index contributed by atoms with van der Waals surface area (Å²) in [4.78, 5) is 24.5. The predicted molar refractivity (Wildman–Crippen MR) is 132 cm³/mol. The Morgan fingerprint density at radius 2 is 1.94 bits per heavy atom. The van der Waals surface area contributed by atoms with Gasteiger partial charge >= 0.3 is 0 Å². The van der Waals surface area contributed by atoms with E-state index in [1.165, 1.54) is 4.88 Å². The maximum absolute atomic E-state index is 13.2. The summed E-state index contributed by atoms with van der Waals surface area (Å²) in [5.74, 6) is 0.0212. The number of hydrogen-bond acceptors (Lipinski definition) is 6. The van der Waals surface area contributed by atoms with E-state index < -0.39 is 0 Å². The monoisotopic (exact) mass is 471 g/mol. The van der Waals surface area contributed by atoms with Gasteiger partial charge in [0.05, 0.1) is 34.2 Å². The number of thiophene rings is 1. The van der Waals surface area contributed by atoms with E-state index in [1.807, 2.05) is 41.9 Å². The average Bonchev–Trinajstić information content (AvgIpc) is 3.57. The highest BCUT2D eigenvalue weighted by Gasteiger charge is 2.20. The summed E-state index contributed by atoms with van der Waals surface area (Å²) < 4.78 is 3.74. The van der Waals surface area contributed by atoms with Gasteiger partial charge < -0.3 is 5.32 Å². The lowest BCUT2D eigenvalue weighted by Gasteiger charge is -2.13. The van der Waals surface area contributed by atoms with Crippen molar-refractivity contribution in [2.75, 3.05) is 0 Å². The van der Waals surface area contributed by atoms with Crippen LogP contribution in [0.3, 0.4) is 0 Å². The lowest BCUT2D eigenvalue weighted by molar-refractivity contribution is 0.0950. The van der Waals surface area contributed by atoms with Gasteiger partial charge in [-0.15, -0.1) is 16.4 Å². The molecule has 9 heteroatoms. The molecule has 172 valence electrons. The third kappa shape index (κ3) is 4.10. The standard InChI is InChI=1S/C25H25N7OS/c1-15(2)21-13-29-30-32(21)20-9-19(25(33)28-11-18-7-5-16(3)26-10-18)14-31-22(12-27-24(20)31)23-8-6-17(4)34-23/h5-10,12-15H,11H2,1-4H3,(H,28,33). The van der Waals surface area contributed by atoms with Crippen LogP contribution in [0.4, 0.5) is 0 Å². The summed E-state index contributed by atoms with van der Waals surface area (Å²) in [7, 11) is 0. The Bertz CT molecular complexity index is 1480. The number of hydrogen-bond donors (Lipinski definition) is 1. The summed E-state index contributed by atoms with van der Waals surface area (Å²) in [5.41, 5.74) is 5.70. The number of aromatic nitrogens is 6. The van der Waals surface area contributed by atoms with Crippen molar-refractivity contribution < 1.29 is 4.79 Å². The first kappa shape index (κ1) is 22.0. The van der Waals surface area contributed by atoms with Crippen LogP contribution >= 0.6 is 11.3 Å². The number of fused-ring (bicyclic) bond motifs is 1. The average molecular weight is 472 g/mol. The molecule has 1 N–H and O–H groups in total. The quantitative estimate of drug-likeness (QED) is 0.387. The van der Waals surface area contributed by atoms with Crippen LogP contribution in [0.15, 0.2) is 55.1 Å². The summed E-state index contributed by atoms with van der Waals surface area (Å²) in [6.45, 7) is 8.58. The van der Waals surface area contributed by atoms with Crippen molar-refractivity contribution in [2.24, 2.45) is 0 Å². The Labute approximate surface area is 201 Å². The van der Waals surface area contributed by atoms with Crippen molar-refractivity contribution >= 4 is 22.9 Å². The highest BCUT2D eigenvalue weighted by molar-refractivity contribution is 7.15. The number of nitrogens with zero attached hydrogens (tertiary/aromatic N) is 6. The van der Waals surface area contributed by atoms with Crippen molar-refractivity contribution in [1.82, 2.24) is 34.7 Å². The summed E-state index contributed by atoms with van der Waals surface area (Å²) >= 11 is 1.69. The van der Waals surface area contributed by atoms with E-state index in [1.54, 1.807) is 28.4 Å². The van der Waals surface area contributed by atoms with Crippen LogP contribution in [-0.2, 0) is 6.54 Å². The number of aryl methyl sites for hydroxylation is 2. The smallest absolute Gasteiger partial charge is 0.253 e. The molecule has 0 unspecified atom stereocenters. The molecule has 0 spiro atoms. The molecule has 5 rings (SSSR count). The van der Waals surface area contributed by atoms with Crippen LogP contribution in [0, 0.1) is 13.8 Å².